The summed E-state index contributed by atoms with van der Waals surface area (Å²) in [5, 5.41) is 0. The van der Waals surface area contributed by atoms with Gasteiger partial charge in [-0.25, -0.2) is 8.42 Å². The number of fused-ring (bicyclic) bond motifs is 1. The molecule has 0 radical (unpaired) electrons. The molecule has 3 aromatic carbocycles. The van der Waals surface area contributed by atoms with Gasteiger partial charge in [0.25, 0.3) is 0 Å². The van der Waals surface area contributed by atoms with Gasteiger partial charge in [0, 0.05) is 22.7 Å². The Morgan fingerprint density at radius 2 is 1.61 bits per heavy atom. The summed E-state index contributed by atoms with van der Waals surface area (Å²) in [4.78, 5) is 15.4. The van der Waals surface area contributed by atoms with Crippen molar-refractivity contribution in [3.8, 4) is 0 Å². The van der Waals surface area contributed by atoms with Gasteiger partial charge in [-0.05, 0) is 68.7 Å². The maximum Gasteiger partial charge on any atom is 0.243 e. The third-order valence-corrected chi connectivity index (χ3v) is 8.27. The highest BCUT2D eigenvalue weighted by atomic mass is 79.9. The molecule has 0 aromatic heterocycles. The Labute approximate surface area is 204 Å². The van der Waals surface area contributed by atoms with Gasteiger partial charge in [-0.1, -0.05) is 63.5 Å². The molecular formula is C26H27BrN2O3S. The van der Waals surface area contributed by atoms with Crippen molar-refractivity contribution in [3.05, 3.63) is 93.5 Å². The van der Waals surface area contributed by atoms with Gasteiger partial charge >= 0.3 is 0 Å². The Hall–Kier alpha value is -2.48. The highest BCUT2D eigenvalue weighted by Gasteiger charge is 2.34. The maximum atomic E-state index is 13.6. The smallest absolute Gasteiger partial charge is 0.243 e. The zero-order valence-corrected chi connectivity index (χ0v) is 21.4. The Morgan fingerprint density at radius 3 is 2.24 bits per heavy atom. The zero-order chi connectivity index (χ0) is 23.8. The van der Waals surface area contributed by atoms with Gasteiger partial charge in [-0.15, -0.1) is 0 Å². The third-order valence-electron chi connectivity index (χ3n) is 5.98. The van der Waals surface area contributed by atoms with Crippen molar-refractivity contribution in [2.45, 2.75) is 44.7 Å². The molecule has 7 heteroatoms. The molecule has 0 saturated heterocycles. The van der Waals surface area contributed by atoms with Crippen LogP contribution in [0.5, 0.6) is 0 Å². The Balaban J connectivity index is 1.67. The van der Waals surface area contributed by atoms with E-state index in [2.05, 4.69) is 15.9 Å². The van der Waals surface area contributed by atoms with Crippen LogP contribution in [0.3, 0.4) is 0 Å². The summed E-state index contributed by atoms with van der Waals surface area (Å²) < 4.78 is 29.4. The van der Waals surface area contributed by atoms with Crippen LogP contribution in [0.25, 0.3) is 0 Å². The Morgan fingerprint density at radius 1 is 1.00 bits per heavy atom. The number of sulfonamides is 1. The molecule has 1 aliphatic heterocycles. The summed E-state index contributed by atoms with van der Waals surface area (Å²) in [5.41, 5.74) is 4.83. The van der Waals surface area contributed by atoms with Crippen LogP contribution in [-0.2, 0) is 27.8 Å². The van der Waals surface area contributed by atoms with Crippen LogP contribution in [0.4, 0.5) is 5.69 Å². The topological polar surface area (TPSA) is 57.7 Å². The standard InChI is InChI=1S/C26H27BrN2O3S/c1-18-4-8-21(9-5-18)16-28(33(31,32)24-11-6-19(2)7-12-24)17-26(30)29-20(3)14-22-15-23(27)10-13-25(22)29/h4-13,15,20H,14,16-17H2,1-3H3/t20-/m0/s1. The van der Waals surface area contributed by atoms with E-state index < -0.39 is 10.0 Å². The van der Waals surface area contributed by atoms with E-state index >= 15 is 0 Å². The van der Waals surface area contributed by atoms with Crippen molar-refractivity contribution in [1.29, 1.82) is 0 Å². The quantitative estimate of drug-likeness (QED) is 0.441. The lowest BCUT2D eigenvalue weighted by Crippen LogP contribution is -2.44. The van der Waals surface area contributed by atoms with Crippen molar-refractivity contribution in [2.24, 2.45) is 0 Å². The number of amides is 1. The van der Waals surface area contributed by atoms with E-state index in [4.69, 9.17) is 0 Å². The van der Waals surface area contributed by atoms with Gasteiger partial charge in [-0.3, -0.25) is 4.79 Å². The van der Waals surface area contributed by atoms with Crippen LogP contribution in [0, 0.1) is 13.8 Å². The molecule has 0 N–H and O–H groups in total. The summed E-state index contributed by atoms with van der Waals surface area (Å²) in [5.74, 6) is -0.230. The second kappa shape index (κ2) is 9.41. The van der Waals surface area contributed by atoms with Gasteiger partial charge in [0.15, 0.2) is 0 Å². The van der Waals surface area contributed by atoms with Crippen LogP contribution in [0.1, 0.15) is 29.2 Å². The molecule has 0 aliphatic carbocycles. The lowest BCUT2D eigenvalue weighted by atomic mass is 10.1. The van der Waals surface area contributed by atoms with E-state index in [9.17, 15) is 13.2 Å². The predicted octanol–water partition coefficient (Wildman–Crippen LogP) is 5.23. The van der Waals surface area contributed by atoms with Gasteiger partial charge in [0.1, 0.15) is 0 Å². The summed E-state index contributed by atoms with van der Waals surface area (Å²) in [6.07, 6.45) is 0.739. The zero-order valence-electron chi connectivity index (χ0n) is 19.0. The number of halogens is 1. The molecule has 3 aromatic rings. The summed E-state index contributed by atoms with van der Waals surface area (Å²) in [6, 6.07) is 20.3. The van der Waals surface area contributed by atoms with E-state index in [1.807, 2.05) is 63.2 Å². The lowest BCUT2D eigenvalue weighted by molar-refractivity contribution is -0.119. The molecule has 0 unspecified atom stereocenters. The van der Waals surface area contributed by atoms with Crippen LogP contribution >= 0.6 is 15.9 Å². The Kier molecular flexibility index (Phi) is 6.75. The average molecular weight is 527 g/mol. The minimum atomic E-state index is -3.87. The average Bonchev–Trinajstić information content (AvgIpc) is 3.09. The first-order valence-corrected chi connectivity index (χ1v) is 13.1. The van der Waals surface area contributed by atoms with E-state index in [0.717, 1.165) is 38.8 Å². The number of carbonyl (C=O) groups is 1. The number of rotatable bonds is 6. The number of anilines is 1. The van der Waals surface area contributed by atoms with Gasteiger partial charge in [-0.2, -0.15) is 4.31 Å². The molecule has 5 nitrogen and oxygen atoms in total. The first-order valence-electron chi connectivity index (χ1n) is 10.9. The summed E-state index contributed by atoms with van der Waals surface area (Å²) >= 11 is 3.49. The maximum absolute atomic E-state index is 13.6. The molecule has 0 fully saturated rings. The fourth-order valence-corrected chi connectivity index (χ4v) is 5.98. The SMILES string of the molecule is Cc1ccc(CN(CC(=O)N2c3ccc(Br)cc3C[C@@H]2C)S(=O)(=O)c2ccc(C)cc2)cc1. The fourth-order valence-electron chi connectivity index (χ4n) is 4.19. The molecule has 1 heterocycles. The first kappa shape index (κ1) is 23.7. The monoisotopic (exact) mass is 526 g/mol. The van der Waals surface area contributed by atoms with Crippen molar-refractivity contribution in [2.75, 3.05) is 11.4 Å². The largest absolute Gasteiger partial charge is 0.308 e. The Bertz CT molecular complexity index is 1270. The van der Waals surface area contributed by atoms with E-state index in [1.54, 1.807) is 29.2 Å². The molecule has 0 saturated carbocycles. The summed E-state index contributed by atoms with van der Waals surface area (Å²) in [7, 11) is -3.87. The molecule has 1 amide bonds. The van der Waals surface area contributed by atoms with Crippen LogP contribution < -0.4 is 4.90 Å². The molecule has 1 atom stereocenters. The number of carbonyl (C=O) groups excluding carboxylic acids is 1. The molecule has 4 rings (SSSR count). The molecular weight excluding hydrogens is 500 g/mol. The minimum Gasteiger partial charge on any atom is -0.308 e. The third kappa shape index (κ3) is 5.05. The van der Waals surface area contributed by atoms with Crippen LogP contribution in [0.15, 0.2) is 76.1 Å². The molecule has 172 valence electrons. The van der Waals surface area contributed by atoms with Crippen LogP contribution in [-0.4, -0.2) is 31.2 Å². The van der Waals surface area contributed by atoms with Gasteiger partial charge in [0.05, 0.1) is 11.4 Å². The van der Waals surface area contributed by atoms with Crippen molar-refractivity contribution < 1.29 is 13.2 Å². The van der Waals surface area contributed by atoms with Crippen LogP contribution in [0.2, 0.25) is 0 Å². The number of benzene rings is 3. The molecule has 0 spiro atoms. The minimum absolute atomic E-state index is 0.0369. The lowest BCUT2D eigenvalue weighted by Gasteiger charge is -2.27. The number of nitrogens with zero attached hydrogens (tertiary/aromatic N) is 2. The summed E-state index contributed by atoms with van der Waals surface area (Å²) in [6.45, 7) is 5.78. The van der Waals surface area contributed by atoms with Crippen molar-refractivity contribution in [3.63, 3.8) is 0 Å². The number of hydrogen-bond donors (Lipinski definition) is 0. The van der Waals surface area contributed by atoms with Crippen molar-refractivity contribution in [1.82, 2.24) is 4.31 Å². The predicted molar refractivity (Wildman–Crippen MR) is 135 cm³/mol. The number of hydrogen-bond acceptors (Lipinski definition) is 3. The van der Waals surface area contributed by atoms with E-state index in [-0.39, 0.29) is 29.9 Å². The molecule has 1 aliphatic rings. The highest BCUT2D eigenvalue weighted by Crippen LogP contribution is 2.34. The molecule has 33 heavy (non-hydrogen) atoms. The number of aryl methyl sites for hydroxylation is 2. The molecule has 0 bridgehead atoms. The van der Waals surface area contributed by atoms with E-state index in [0.29, 0.717) is 0 Å². The second-order valence-corrected chi connectivity index (χ2v) is 11.5. The van der Waals surface area contributed by atoms with Gasteiger partial charge in [0.2, 0.25) is 15.9 Å². The van der Waals surface area contributed by atoms with Gasteiger partial charge < -0.3 is 4.90 Å². The first-order chi connectivity index (χ1) is 15.6. The normalized spacial score (nSPS) is 15.7. The highest BCUT2D eigenvalue weighted by molar-refractivity contribution is 9.10. The fraction of sp³-hybridized carbons (Fsp3) is 0.269. The van der Waals surface area contributed by atoms with Crippen molar-refractivity contribution >= 4 is 37.5 Å². The van der Waals surface area contributed by atoms with E-state index in [1.165, 1.54) is 4.31 Å². The second-order valence-electron chi connectivity index (χ2n) is 8.66.